The van der Waals surface area contributed by atoms with Gasteiger partial charge in [0.15, 0.2) is 0 Å². The second kappa shape index (κ2) is 4.01. The minimum absolute atomic E-state index is 0.234. The standard InChI is InChI=1S/C9H15NOS/c1-6(4-7(2)11)9-5-12-8(3)10-9/h5-7,11H,4H2,1-3H3. The van der Waals surface area contributed by atoms with E-state index in [0.29, 0.717) is 5.92 Å². The average Bonchev–Trinajstić information content (AvgIpc) is 2.34. The molecule has 2 atom stereocenters. The lowest BCUT2D eigenvalue weighted by Crippen LogP contribution is -2.06. The number of thiazole rings is 1. The van der Waals surface area contributed by atoms with E-state index in [4.69, 9.17) is 5.11 Å². The second-order valence-electron chi connectivity index (χ2n) is 3.28. The lowest BCUT2D eigenvalue weighted by molar-refractivity contribution is 0.176. The van der Waals surface area contributed by atoms with Crippen LogP contribution < -0.4 is 0 Å². The van der Waals surface area contributed by atoms with Crippen molar-refractivity contribution in [2.75, 3.05) is 0 Å². The molecule has 0 saturated heterocycles. The molecule has 0 aliphatic carbocycles. The van der Waals surface area contributed by atoms with Crippen LogP contribution >= 0.6 is 11.3 Å². The number of hydrogen-bond donors (Lipinski definition) is 1. The van der Waals surface area contributed by atoms with Gasteiger partial charge in [0.2, 0.25) is 0 Å². The fourth-order valence-corrected chi connectivity index (χ4v) is 1.97. The highest BCUT2D eigenvalue weighted by Crippen LogP contribution is 2.21. The van der Waals surface area contributed by atoms with Gasteiger partial charge in [0, 0.05) is 11.3 Å². The van der Waals surface area contributed by atoms with Gasteiger partial charge in [-0.15, -0.1) is 11.3 Å². The smallest absolute Gasteiger partial charge is 0.0897 e. The van der Waals surface area contributed by atoms with Gasteiger partial charge in [-0.05, 0) is 20.3 Å². The molecule has 1 heterocycles. The first-order valence-electron chi connectivity index (χ1n) is 4.19. The summed E-state index contributed by atoms with van der Waals surface area (Å²) in [6, 6.07) is 0. The minimum Gasteiger partial charge on any atom is -0.393 e. The summed E-state index contributed by atoms with van der Waals surface area (Å²) in [7, 11) is 0. The largest absolute Gasteiger partial charge is 0.393 e. The van der Waals surface area contributed by atoms with Crippen molar-refractivity contribution in [3.63, 3.8) is 0 Å². The number of nitrogens with zero attached hydrogens (tertiary/aromatic N) is 1. The molecule has 0 saturated carbocycles. The second-order valence-corrected chi connectivity index (χ2v) is 4.34. The van der Waals surface area contributed by atoms with Crippen molar-refractivity contribution in [3.8, 4) is 0 Å². The van der Waals surface area contributed by atoms with Gasteiger partial charge in [-0.3, -0.25) is 0 Å². The molecular formula is C9H15NOS. The summed E-state index contributed by atoms with van der Waals surface area (Å²) in [5.74, 6) is 0.370. The van der Waals surface area contributed by atoms with E-state index in [9.17, 15) is 0 Å². The summed E-state index contributed by atoms with van der Waals surface area (Å²) in [6.45, 7) is 5.92. The van der Waals surface area contributed by atoms with E-state index in [-0.39, 0.29) is 6.10 Å². The first-order chi connectivity index (χ1) is 5.59. The van der Waals surface area contributed by atoms with Crippen molar-refractivity contribution in [2.24, 2.45) is 0 Å². The Morgan fingerprint density at radius 3 is 2.67 bits per heavy atom. The van der Waals surface area contributed by atoms with Crippen LogP contribution in [0.15, 0.2) is 5.38 Å². The van der Waals surface area contributed by atoms with Gasteiger partial charge in [-0.2, -0.15) is 0 Å². The van der Waals surface area contributed by atoms with E-state index in [1.807, 2.05) is 13.8 Å². The molecule has 2 unspecified atom stereocenters. The highest BCUT2D eigenvalue weighted by Gasteiger charge is 2.10. The van der Waals surface area contributed by atoms with Crippen LogP contribution in [-0.2, 0) is 0 Å². The number of aliphatic hydroxyl groups is 1. The molecule has 1 N–H and O–H groups in total. The Labute approximate surface area is 77.3 Å². The third-order valence-corrected chi connectivity index (χ3v) is 2.63. The number of hydrogen-bond acceptors (Lipinski definition) is 3. The molecule has 0 aromatic carbocycles. The molecule has 0 bridgehead atoms. The predicted molar refractivity (Wildman–Crippen MR) is 51.6 cm³/mol. The van der Waals surface area contributed by atoms with Crippen LogP contribution in [0.2, 0.25) is 0 Å². The zero-order chi connectivity index (χ0) is 9.14. The molecule has 1 aromatic heterocycles. The number of aryl methyl sites for hydroxylation is 1. The maximum Gasteiger partial charge on any atom is 0.0897 e. The molecule has 1 rings (SSSR count). The molecule has 0 radical (unpaired) electrons. The monoisotopic (exact) mass is 185 g/mol. The van der Waals surface area contributed by atoms with E-state index < -0.39 is 0 Å². The van der Waals surface area contributed by atoms with E-state index in [2.05, 4.69) is 17.3 Å². The Hall–Kier alpha value is -0.410. The third kappa shape index (κ3) is 2.57. The lowest BCUT2D eigenvalue weighted by atomic mass is 10.0. The zero-order valence-corrected chi connectivity index (χ0v) is 8.56. The maximum absolute atomic E-state index is 9.17. The zero-order valence-electron chi connectivity index (χ0n) is 7.74. The van der Waals surface area contributed by atoms with Gasteiger partial charge in [0.05, 0.1) is 16.8 Å². The maximum atomic E-state index is 9.17. The Balaban J connectivity index is 2.58. The van der Waals surface area contributed by atoms with Crippen LogP contribution in [0.25, 0.3) is 0 Å². The Bertz CT molecular complexity index is 244. The van der Waals surface area contributed by atoms with Gasteiger partial charge < -0.3 is 5.11 Å². The molecule has 1 aromatic rings. The summed E-state index contributed by atoms with van der Waals surface area (Å²) < 4.78 is 0. The van der Waals surface area contributed by atoms with E-state index in [1.165, 1.54) is 0 Å². The van der Waals surface area contributed by atoms with Gasteiger partial charge in [-0.1, -0.05) is 6.92 Å². The predicted octanol–water partition coefficient (Wildman–Crippen LogP) is 2.33. The summed E-state index contributed by atoms with van der Waals surface area (Å²) in [6.07, 6.45) is 0.561. The van der Waals surface area contributed by atoms with E-state index in [1.54, 1.807) is 11.3 Å². The fourth-order valence-electron chi connectivity index (χ4n) is 1.24. The molecule has 68 valence electrons. The molecule has 0 spiro atoms. The quantitative estimate of drug-likeness (QED) is 0.784. The van der Waals surface area contributed by atoms with Gasteiger partial charge in [0.25, 0.3) is 0 Å². The molecule has 12 heavy (non-hydrogen) atoms. The van der Waals surface area contributed by atoms with Crippen molar-refractivity contribution in [3.05, 3.63) is 16.1 Å². The van der Waals surface area contributed by atoms with E-state index >= 15 is 0 Å². The van der Waals surface area contributed by atoms with Crippen LogP contribution in [0, 0.1) is 6.92 Å². The molecule has 3 heteroatoms. The SMILES string of the molecule is Cc1nc(C(C)CC(C)O)cs1. The minimum atomic E-state index is -0.234. The lowest BCUT2D eigenvalue weighted by Gasteiger charge is -2.09. The van der Waals surface area contributed by atoms with Crippen molar-refractivity contribution in [2.45, 2.75) is 39.2 Å². The molecule has 0 amide bonds. The summed E-state index contributed by atoms with van der Waals surface area (Å²) in [5.41, 5.74) is 1.11. The van der Waals surface area contributed by atoms with Crippen molar-refractivity contribution >= 4 is 11.3 Å². The normalized spacial score (nSPS) is 16.0. The van der Waals surface area contributed by atoms with Crippen LogP contribution in [0.1, 0.15) is 36.9 Å². The third-order valence-electron chi connectivity index (χ3n) is 1.84. The van der Waals surface area contributed by atoms with Crippen LogP contribution in [0.4, 0.5) is 0 Å². The Morgan fingerprint density at radius 1 is 1.58 bits per heavy atom. The van der Waals surface area contributed by atoms with Crippen molar-refractivity contribution in [1.29, 1.82) is 0 Å². The fraction of sp³-hybridized carbons (Fsp3) is 0.667. The molecule has 0 aliphatic rings. The first kappa shape index (κ1) is 9.68. The molecule has 0 aliphatic heterocycles. The Kier molecular flexibility index (Phi) is 3.23. The number of aromatic nitrogens is 1. The topological polar surface area (TPSA) is 33.1 Å². The van der Waals surface area contributed by atoms with Gasteiger partial charge in [-0.25, -0.2) is 4.98 Å². The Morgan fingerprint density at radius 2 is 2.25 bits per heavy atom. The van der Waals surface area contributed by atoms with Gasteiger partial charge in [0.1, 0.15) is 0 Å². The van der Waals surface area contributed by atoms with E-state index in [0.717, 1.165) is 17.1 Å². The molecular weight excluding hydrogens is 170 g/mol. The highest BCUT2D eigenvalue weighted by atomic mass is 32.1. The highest BCUT2D eigenvalue weighted by molar-refractivity contribution is 7.09. The van der Waals surface area contributed by atoms with Crippen molar-refractivity contribution in [1.82, 2.24) is 4.98 Å². The van der Waals surface area contributed by atoms with Crippen molar-refractivity contribution < 1.29 is 5.11 Å². The molecule has 2 nitrogen and oxygen atoms in total. The van der Waals surface area contributed by atoms with Crippen LogP contribution in [0.3, 0.4) is 0 Å². The summed E-state index contributed by atoms with van der Waals surface area (Å²) in [4.78, 5) is 4.37. The van der Waals surface area contributed by atoms with Gasteiger partial charge >= 0.3 is 0 Å². The van der Waals surface area contributed by atoms with Crippen LogP contribution in [-0.4, -0.2) is 16.2 Å². The summed E-state index contributed by atoms with van der Waals surface area (Å²) in [5, 5.41) is 12.3. The molecule has 0 fully saturated rings. The number of aliphatic hydroxyl groups excluding tert-OH is 1. The first-order valence-corrected chi connectivity index (χ1v) is 5.07. The van der Waals surface area contributed by atoms with Crippen LogP contribution in [0.5, 0.6) is 0 Å². The summed E-state index contributed by atoms with van der Waals surface area (Å²) >= 11 is 1.67. The number of rotatable bonds is 3. The average molecular weight is 185 g/mol.